The molecule has 0 unspecified atom stereocenters. The lowest BCUT2D eigenvalue weighted by Crippen LogP contribution is -2.18. The van der Waals surface area contributed by atoms with Gasteiger partial charge >= 0.3 is 6.18 Å². The minimum absolute atomic E-state index is 0.0548. The van der Waals surface area contributed by atoms with Gasteiger partial charge in [0.15, 0.2) is 5.16 Å². The lowest BCUT2D eigenvalue weighted by Gasteiger charge is -2.07. The van der Waals surface area contributed by atoms with E-state index in [9.17, 15) is 18.0 Å². The highest BCUT2D eigenvalue weighted by atomic mass is 32.2. The van der Waals surface area contributed by atoms with Gasteiger partial charge in [-0.05, 0) is 13.8 Å². The van der Waals surface area contributed by atoms with Gasteiger partial charge in [0.05, 0.1) is 6.61 Å². The van der Waals surface area contributed by atoms with Crippen molar-refractivity contribution in [1.82, 2.24) is 9.97 Å². The van der Waals surface area contributed by atoms with Crippen LogP contribution in [0.1, 0.15) is 11.3 Å². The molecule has 0 saturated carbocycles. The van der Waals surface area contributed by atoms with Crippen molar-refractivity contribution in [3.05, 3.63) is 21.6 Å². The molecule has 1 aromatic rings. The van der Waals surface area contributed by atoms with Crippen molar-refractivity contribution >= 4 is 11.8 Å². The smallest absolute Gasteiger partial charge is 0.371 e. The van der Waals surface area contributed by atoms with Gasteiger partial charge in [-0.25, -0.2) is 4.98 Å². The van der Waals surface area contributed by atoms with Crippen molar-refractivity contribution in [2.45, 2.75) is 25.2 Å². The summed E-state index contributed by atoms with van der Waals surface area (Å²) >= 11 is 1.15. The zero-order valence-electron chi connectivity index (χ0n) is 9.93. The molecule has 18 heavy (non-hydrogen) atoms. The minimum atomic E-state index is -4.31. The number of alkyl halides is 3. The van der Waals surface area contributed by atoms with Crippen molar-refractivity contribution < 1.29 is 17.9 Å². The zero-order chi connectivity index (χ0) is 13.8. The summed E-state index contributed by atoms with van der Waals surface area (Å²) in [7, 11) is 0. The van der Waals surface area contributed by atoms with Crippen LogP contribution in [-0.2, 0) is 4.74 Å². The number of ether oxygens (including phenoxy) is 1. The Morgan fingerprint density at radius 3 is 2.61 bits per heavy atom. The molecule has 102 valence electrons. The summed E-state index contributed by atoms with van der Waals surface area (Å²) in [6.07, 6.45) is -4.31. The predicted molar refractivity (Wildman–Crippen MR) is 61.9 cm³/mol. The summed E-state index contributed by atoms with van der Waals surface area (Å²) in [5.41, 5.74) is 0.909. The number of rotatable bonds is 5. The van der Waals surface area contributed by atoms with E-state index < -0.39 is 12.8 Å². The summed E-state index contributed by atoms with van der Waals surface area (Å²) in [4.78, 5) is 18.0. The summed E-state index contributed by atoms with van der Waals surface area (Å²) in [6.45, 7) is 2.04. The van der Waals surface area contributed by atoms with Crippen molar-refractivity contribution in [1.29, 1.82) is 0 Å². The first-order valence-corrected chi connectivity index (χ1v) is 6.13. The Hall–Kier alpha value is -1.02. The Bertz CT molecular complexity index is 459. The molecular formula is C10H13F3N2O2S. The molecule has 1 aromatic heterocycles. The standard InChI is InChI=1S/C10H13F3N2O2S/c1-6-7(2)14-9(15-8(6)16)18-4-3-17-5-10(11,12)13/h3-5H2,1-2H3,(H,14,15,16). The molecule has 1 rings (SSSR count). The molecular weight excluding hydrogens is 269 g/mol. The summed E-state index contributed by atoms with van der Waals surface area (Å²) < 4.78 is 39.7. The van der Waals surface area contributed by atoms with Crippen LogP contribution in [0, 0.1) is 13.8 Å². The number of hydrogen-bond donors (Lipinski definition) is 1. The molecule has 1 N–H and O–H groups in total. The Morgan fingerprint density at radius 1 is 1.39 bits per heavy atom. The van der Waals surface area contributed by atoms with Crippen molar-refractivity contribution in [2.24, 2.45) is 0 Å². The van der Waals surface area contributed by atoms with Crippen LogP contribution >= 0.6 is 11.8 Å². The molecule has 8 heteroatoms. The molecule has 0 fully saturated rings. The first kappa shape index (κ1) is 15.0. The van der Waals surface area contributed by atoms with E-state index in [0.29, 0.717) is 22.2 Å². The van der Waals surface area contributed by atoms with Crippen LogP contribution in [0.3, 0.4) is 0 Å². The number of thioether (sulfide) groups is 1. The van der Waals surface area contributed by atoms with E-state index in [1.54, 1.807) is 13.8 Å². The molecule has 0 spiro atoms. The van der Waals surface area contributed by atoms with Crippen molar-refractivity contribution in [3.8, 4) is 0 Å². The van der Waals surface area contributed by atoms with E-state index in [0.717, 1.165) is 11.8 Å². The van der Waals surface area contributed by atoms with Gasteiger partial charge in [-0.2, -0.15) is 13.2 Å². The van der Waals surface area contributed by atoms with Crippen LogP contribution in [0.5, 0.6) is 0 Å². The van der Waals surface area contributed by atoms with Crippen LogP contribution in [0.15, 0.2) is 9.95 Å². The number of aromatic amines is 1. The number of halogens is 3. The Labute approximate surface area is 106 Å². The first-order chi connectivity index (χ1) is 8.29. The lowest BCUT2D eigenvalue weighted by atomic mass is 10.3. The van der Waals surface area contributed by atoms with Gasteiger partial charge in [0, 0.05) is 17.0 Å². The fraction of sp³-hybridized carbons (Fsp3) is 0.600. The molecule has 0 saturated heterocycles. The quantitative estimate of drug-likeness (QED) is 0.510. The molecule has 4 nitrogen and oxygen atoms in total. The Balaban J connectivity index is 2.39. The van der Waals surface area contributed by atoms with E-state index in [1.165, 1.54) is 0 Å². The average molecular weight is 282 g/mol. The number of nitrogens with one attached hydrogen (secondary N) is 1. The topological polar surface area (TPSA) is 55.0 Å². The van der Waals surface area contributed by atoms with Crippen LogP contribution in [0.2, 0.25) is 0 Å². The number of nitrogens with zero attached hydrogens (tertiary/aromatic N) is 1. The second-order valence-corrected chi connectivity index (χ2v) is 4.68. The van der Waals surface area contributed by atoms with Crippen molar-refractivity contribution in [3.63, 3.8) is 0 Å². The number of aryl methyl sites for hydroxylation is 1. The van der Waals surface area contributed by atoms with E-state index in [2.05, 4.69) is 14.7 Å². The van der Waals surface area contributed by atoms with Gasteiger partial charge in [-0.1, -0.05) is 11.8 Å². The lowest BCUT2D eigenvalue weighted by molar-refractivity contribution is -0.172. The summed E-state index contributed by atoms with van der Waals surface area (Å²) in [6, 6.07) is 0. The predicted octanol–water partition coefficient (Wildman–Crippen LogP) is 2.06. The SMILES string of the molecule is Cc1nc(SCCOCC(F)(F)F)[nH]c(=O)c1C. The molecule has 0 aliphatic heterocycles. The number of H-pyrrole nitrogens is 1. The van der Waals surface area contributed by atoms with Gasteiger partial charge in [0.1, 0.15) is 6.61 Å². The maximum Gasteiger partial charge on any atom is 0.411 e. The minimum Gasteiger partial charge on any atom is -0.371 e. The second kappa shape index (κ2) is 6.24. The third-order valence-electron chi connectivity index (χ3n) is 2.11. The second-order valence-electron chi connectivity index (χ2n) is 3.60. The third-order valence-corrected chi connectivity index (χ3v) is 2.94. The number of hydrogen-bond acceptors (Lipinski definition) is 4. The number of aromatic nitrogens is 2. The molecule has 0 atom stereocenters. The fourth-order valence-corrected chi connectivity index (χ4v) is 1.83. The maximum atomic E-state index is 11.8. The van der Waals surface area contributed by atoms with E-state index in [1.807, 2.05) is 0 Å². The molecule has 0 radical (unpaired) electrons. The molecule has 0 amide bonds. The monoisotopic (exact) mass is 282 g/mol. The van der Waals surface area contributed by atoms with E-state index >= 15 is 0 Å². The highest BCUT2D eigenvalue weighted by Crippen LogP contribution is 2.16. The van der Waals surface area contributed by atoms with Gasteiger partial charge in [-0.15, -0.1) is 0 Å². The van der Waals surface area contributed by atoms with Crippen LogP contribution in [0.4, 0.5) is 13.2 Å². The molecule has 1 heterocycles. The average Bonchev–Trinajstić information content (AvgIpc) is 2.23. The van der Waals surface area contributed by atoms with Crippen LogP contribution < -0.4 is 5.56 Å². The summed E-state index contributed by atoms with van der Waals surface area (Å²) in [5, 5.41) is 0.388. The van der Waals surface area contributed by atoms with Crippen LogP contribution in [-0.4, -0.2) is 35.1 Å². The van der Waals surface area contributed by atoms with Gasteiger partial charge in [-0.3, -0.25) is 4.79 Å². The highest BCUT2D eigenvalue weighted by Gasteiger charge is 2.27. The molecule has 0 aliphatic carbocycles. The first-order valence-electron chi connectivity index (χ1n) is 5.14. The fourth-order valence-electron chi connectivity index (χ4n) is 1.07. The van der Waals surface area contributed by atoms with Crippen LogP contribution in [0.25, 0.3) is 0 Å². The van der Waals surface area contributed by atoms with Gasteiger partial charge in [0.25, 0.3) is 5.56 Å². The van der Waals surface area contributed by atoms with Crippen molar-refractivity contribution in [2.75, 3.05) is 19.0 Å². The third kappa shape index (κ3) is 5.09. The summed E-state index contributed by atoms with van der Waals surface area (Å²) in [5.74, 6) is 0.293. The largest absolute Gasteiger partial charge is 0.411 e. The maximum absolute atomic E-state index is 11.8. The molecule has 0 aromatic carbocycles. The Kier molecular flexibility index (Phi) is 5.21. The van der Waals surface area contributed by atoms with Gasteiger partial charge < -0.3 is 9.72 Å². The normalized spacial score (nSPS) is 11.8. The Morgan fingerprint density at radius 2 is 2.06 bits per heavy atom. The van der Waals surface area contributed by atoms with E-state index in [-0.39, 0.29) is 12.2 Å². The highest BCUT2D eigenvalue weighted by molar-refractivity contribution is 7.99. The van der Waals surface area contributed by atoms with E-state index in [4.69, 9.17) is 0 Å². The molecule has 0 bridgehead atoms. The molecule has 0 aliphatic rings. The van der Waals surface area contributed by atoms with Gasteiger partial charge in [0.2, 0.25) is 0 Å². The zero-order valence-corrected chi connectivity index (χ0v) is 10.7.